The van der Waals surface area contributed by atoms with Crippen LogP contribution in [0, 0.1) is 11.6 Å². The number of fused-ring (bicyclic) bond motifs is 1. The summed E-state index contributed by atoms with van der Waals surface area (Å²) in [5, 5.41) is 15.2. The maximum absolute atomic E-state index is 13.8. The van der Waals surface area contributed by atoms with Crippen LogP contribution in [-0.2, 0) is 6.54 Å². The highest BCUT2D eigenvalue weighted by atomic mass is 19.1. The summed E-state index contributed by atoms with van der Waals surface area (Å²) in [7, 11) is 1.35. The maximum atomic E-state index is 13.8. The second-order valence-corrected chi connectivity index (χ2v) is 6.14. The van der Waals surface area contributed by atoms with Crippen molar-refractivity contribution in [3.05, 3.63) is 77.6 Å². The molecule has 1 amide bonds. The molecule has 0 aliphatic heterocycles. The zero-order valence-corrected chi connectivity index (χ0v) is 15.3. The highest BCUT2D eigenvalue weighted by molar-refractivity contribution is 5.94. The quantitative estimate of drug-likeness (QED) is 0.562. The number of aromatic nitrogens is 4. The van der Waals surface area contributed by atoms with E-state index in [0.717, 1.165) is 11.6 Å². The number of ether oxygens (including phenoxy) is 1. The van der Waals surface area contributed by atoms with Gasteiger partial charge in [-0.3, -0.25) is 4.79 Å². The van der Waals surface area contributed by atoms with Crippen LogP contribution >= 0.6 is 0 Å². The molecule has 146 valence electrons. The number of halogens is 2. The summed E-state index contributed by atoms with van der Waals surface area (Å²) in [5.74, 6) is -0.983. The summed E-state index contributed by atoms with van der Waals surface area (Å²) in [6.45, 7) is 0.0352. The van der Waals surface area contributed by atoms with Crippen LogP contribution in [0.2, 0.25) is 0 Å². The fourth-order valence-corrected chi connectivity index (χ4v) is 2.79. The summed E-state index contributed by atoms with van der Waals surface area (Å²) in [4.78, 5) is 12.3. The van der Waals surface area contributed by atoms with E-state index >= 15 is 0 Å². The van der Waals surface area contributed by atoms with E-state index in [1.165, 1.54) is 35.9 Å². The number of rotatable bonds is 5. The Morgan fingerprint density at radius 1 is 1.07 bits per heavy atom. The average Bonchev–Trinajstić information content (AvgIpc) is 3.14. The number of carbonyl (C=O) groups excluding carboxylic acids is 1. The lowest BCUT2D eigenvalue weighted by Crippen LogP contribution is -2.24. The van der Waals surface area contributed by atoms with Crippen molar-refractivity contribution in [2.24, 2.45) is 0 Å². The normalized spacial score (nSPS) is 10.9. The second kappa shape index (κ2) is 7.63. The molecule has 4 aromatic rings. The third kappa shape index (κ3) is 3.75. The molecule has 0 saturated heterocycles. The van der Waals surface area contributed by atoms with Gasteiger partial charge in [0.1, 0.15) is 5.82 Å². The van der Waals surface area contributed by atoms with Crippen LogP contribution in [0.3, 0.4) is 0 Å². The zero-order valence-electron chi connectivity index (χ0n) is 15.3. The number of nitrogens with zero attached hydrogens (tertiary/aromatic N) is 4. The molecule has 0 spiro atoms. The predicted molar refractivity (Wildman–Crippen MR) is 100 cm³/mol. The van der Waals surface area contributed by atoms with Crippen LogP contribution in [0.5, 0.6) is 5.75 Å². The van der Waals surface area contributed by atoms with Crippen molar-refractivity contribution in [1.82, 2.24) is 25.1 Å². The minimum Gasteiger partial charge on any atom is -0.494 e. The van der Waals surface area contributed by atoms with Crippen molar-refractivity contribution in [3.63, 3.8) is 0 Å². The molecule has 2 aromatic carbocycles. The van der Waals surface area contributed by atoms with E-state index in [2.05, 4.69) is 20.6 Å². The SMILES string of the molecule is COc1ccc(C(=O)NCc2nnc3ccc(-c4ccc(F)cc4)nn23)cc1F. The molecule has 0 aliphatic carbocycles. The van der Waals surface area contributed by atoms with Crippen molar-refractivity contribution >= 4 is 11.6 Å². The second-order valence-electron chi connectivity index (χ2n) is 6.14. The predicted octanol–water partition coefficient (Wildman–Crippen LogP) is 3.01. The van der Waals surface area contributed by atoms with E-state index in [1.807, 2.05) is 0 Å². The first-order chi connectivity index (χ1) is 14.0. The minimum atomic E-state index is -0.626. The molecule has 2 aromatic heterocycles. The molecular weight excluding hydrogens is 380 g/mol. The van der Waals surface area contributed by atoms with Crippen molar-refractivity contribution in [3.8, 4) is 17.0 Å². The fraction of sp³-hybridized carbons (Fsp3) is 0.100. The lowest BCUT2D eigenvalue weighted by molar-refractivity contribution is 0.0949. The maximum Gasteiger partial charge on any atom is 0.251 e. The highest BCUT2D eigenvalue weighted by Crippen LogP contribution is 2.19. The Hall–Kier alpha value is -3.88. The number of methoxy groups -OCH3 is 1. The van der Waals surface area contributed by atoms with E-state index in [1.54, 1.807) is 24.3 Å². The molecule has 29 heavy (non-hydrogen) atoms. The molecule has 0 radical (unpaired) electrons. The van der Waals surface area contributed by atoms with Crippen LogP contribution < -0.4 is 10.1 Å². The van der Waals surface area contributed by atoms with Gasteiger partial charge in [-0.15, -0.1) is 10.2 Å². The minimum absolute atomic E-state index is 0.0352. The number of amides is 1. The van der Waals surface area contributed by atoms with Gasteiger partial charge in [0, 0.05) is 11.1 Å². The van der Waals surface area contributed by atoms with E-state index in [-0.39, 0.29) is 23.7 Å². The van der Waals surface area contributed by atoms with Crippen molar-refractivity contribution < 1.29 is 18.3 Å². The van der Waals surface area contributed by atoms with Crippen LogP contribution in [0.15, 0.2) is 54.6 Å². The lowest BCUT2D eigenvalue weighted by Gasteiger charge is -2.07. The van der Waals surface area contributed by atoms with Crippen LogP contribution in [0.1, 0.15) is 16.2 Å². The largest absolute Gasteiger partial charge is 0.494 e. The number of hydrogen-bond donors (Lipinski definition) is 1. The Morgan fingerprint density at radius 3 is 2.59 bits per heavy atom. The Morgan fingerprint density at radius 2 is 1.86 bits per heavy atom. The first-order valence-corrected chi connectivity index (χ1v) is 8.64. The molecule has 0 fully saturated rings. The smallest absolute Gasteiger partial charge is 0.251 e. The molecule has 0 unspecified atom stereocenters. The first-order valence-electron chi connectivity index (χ1n) is 8.64. The van der Waals surface area contributed by atoms with Crippen LogP contribution in [0.25, 0.3) is 16.9 Å². The summed E-state index contributed by atoms with van der Waals surface area (Å²) in [6, 6.07) is 13.4. The van der Waals surface area contributed by atoms with Gasteiger partial charge in [-0.2, -0.15) is 9.61 Å². The highest BCUT2D eigenvalue weighted by Gasteiger charge is 2.13. The number of hydrogen-bond acceptors (Lipinski definition) is 5. The summed E-state index contributed by atoms with van der Waals surface area (Å²) in [5.41, 5.74) is 1.97. The standard InChI is InChI=1S/C20H15F2N5O2/c1-29-17-8-4-13(10-15(17)22)20(28)23-11-19-25-24-18-9-7-16(26-27(18)19)12-2-5-14(21)6-3-12/h2-10H,11H2,1H3,(H,23,28). The van der Waals surface area contributed by atoms with E-state index in [9.17, 15) is 13.6 Å². The van der Waals surface area contributed by atoms with Gasteiger partial charge in [0.2, 0.25) is 0 Å². The van der Waals surface area contributed by atoms with Crippen LogP contribution in [-0.4, -0.2) is 32.8 Å². The number of benzene rings is 2. The van der Waals surface area contributed by atoms with Gasteiger partial charge < -0.3 is 10.1 Å². The van der Waals surface area contributed by atoms with Crippen molar-refractivity contribution in [2.75, 3.05) is 7.11 Å². The van der Waals surface area contributed by atoms with Crippen molar-refractivity contribution in [2.45, 2.75) is 6.54 Å². The summed E-state index contributed by atoms with van der Waals surface area (Å²) < 4.78 is 33.3. The average molecular weight is 395 g/mol. The van der Waals surface area contributed by atoms with E-state index in [0.29, 0.717) is 17.2 Å². The Kier molecular flexibility index (Phi) is 4.86. The molecular formula is C20H15F2N5O2. The lowest BCUT2D eigenvalue weighted by atomic mass is 10.1. The molecule has 2 heterocycles. The first kappa shape index (κ1) is 18.5. The number of carbonyl (C=O) groups is 1. The van der Waals surface area contributed by atoms with Gasteiger partial charge in [0.15, 0.2) is 23.0 Å². The van der Waals surface area contributed by atoms with Gasteiger partial charge in [0.05, 0.1) is 19.3 Å². The fourth-order valence-electron chi connectivity index (χ4n) is 2.79. The Labute approximate surface area is 164 Å². The molecule has 0 aliphatic rings. The molecule has 4 rings (SSSR count). The molecule has 0 saturated carbocycles. The van der Waals surface area contributed by atoms with Gasteiger partial charge >= 0.3 is 0 Å². The van der Waals surface area contributed by atoms with Gasteiger partial charge in [-0.25, -0.2) is 8.78 Å². The third-order valence-corrected chi connectivity index (χ3v) is 4.29. The monoisotopic (exact) mass is 395 g/mol. The molecule has 9 heteroatoms. The van der Waals surface area contributed by atoms with Crippen LogP contribution in [0.4, 0.5) is 8.78 Å². The molecule has 7 nitrogen and oxygen atoms in total. The zero-order chi connectivity index (χ0) is 20.4. The van der Waals surface area contributed by atoms with Crippen molar-refractivity contribution in [1.29, 1.82) is 0 Å². The Bertz CT molecular complexity index is 1190. The van der Waals surface area contributed by atoms with Gasteiger partial charge in [-0.1, -0.05) is 0 Å². The molecule has 0 atom stereocenters. The van der Waals surface area contributed by atoms with Gasteiger partial charge in [-0.05, 0) is 54.6 Å². The van der Waals surface area contributed by atoms with E-state index < -0.39 is 11.7 Å². The summed E-state index contributed by atoms with van der Waals surface area (Å²) >= 11 is 0. The third-order valence-electron chi connectivity index (χ3n) is 4.29. The summed E-state index contributed by atoms with van der Waals surface area (Å²) in [6.07, 6.45) is 0. The van der Waals surface area contributed by atoms with E-state index in [4.69, 9.17) is 4.74 Å². The molecule has 1 N–H and O–H groups in total. The number of nitrogens with one attached hydrogen (secondary N) is 1. The Balaban J connectivity index is 1.55. The molecule has 0 bridgehead atoms. The van der Waals surface area contributed by atoms with Gasteiger partial charge in [0.25, 0.3) is 5.91 Å². The topological polar surface area (TPSA) is 81.4 Å².